The number of hydrogen-bond acceptors (Lipinski definition) is 6. The Kier molecular flexibility index (Phi) is 10.7. The van der Waals surface area contributed by atoms with Gasteiger partial charge in [-0.15, -0.1) is 0 Å². The molecule has 3 fully saturated rings. The van der Waals surface area contributed by atoms with E-state index in [4.69, 9.17) is 22.1 Å². The molecule has 2 aromatic rings. The second-order valence-corrected chi connectivity index (χ2v) is 13.2. The maximum atomic E-state index is 14.2. The Bertz CT molecular complexity index is 1240. The standard InChI is InChI=1S/C34H48ClN5O3/c1-23(2)33(37-32(41)10-13-36)28-20-24(3)4-9-31(28)38-14-16-39(17-15-38)34(42)30-22-40(27-11-18-43-19-12-27)21-29(30)25-5-7-26(35)8-6-25/h4-9,20,23,27,29-30,33H,10-19,21-22,36H2,1-3H3,(H,37,41)/t29-,30+,33-/m0/s1. The van der Waals surface area contributed by atoms with Gasteiger partial charge in [0.05, 0.1) is 12.0 Å². The van der Waals surface area contributed by atoms with Gasteiger partial charge in [-0.05, 0) is 55.0 Å². The van der Waals surface area contributed by atoms with E-state index in [2.05, 4.69) is 71.1 Å². The van der Waals surface area contributed by atoms with Crippen LogP contribution in [0.3, 0.4) is 0 Å². The van der Waals surface area contributed by atoms with Crippen LogP contribution >= 0.6 is 11.6 Å². The predicted molar refractivity (Wildman–Crippen MR) is 172 cm³/mol. The highest BCUT2D eigenvalue weighted by molar-refractivity contribution is 6.30. The zero-order valence-corrected chi connectivity index (χ0v) is 26.7. The summed E-state index contributed by atoms with van der Waals surface area (Å²) in [6.07, 6.45) is 2.36. The first-order chi connectivity index (χ1) is 20.7. The van der Waals surface area contributed by atoms with E-state index < -0.39 is 0 Å². The van der Waals surface area contributed by atoms with Crippen molar-refractivity contribution in [3.05, 3.63) is 64.2 Å². The molecule has 0 radical (unpaired) electrons. The van der Waals surface area contributed by atoms with Crippen LogP contribution in [0.15, 0.2) is 42.5 Å². The number of likely N-dealkylation sites (tertiary alicyclic amines) is 1. The van der Waals surface area contributed by atoms with Gasteiger partial charge in [0.25, 0.3) is 0 Å². The SMILES string of the molecule is Cc1ccc(N2CCN(C(=O)[C@@H]3CN(C4CCOCC4)C[C@H]3c3ccc(Cl)cc3)CC2)c([C@@H](NC(=O)CCN)C(C)C)c1. The summed E-state index contributed by atoms with van der Waals surface area (Å²) in [5.41, 5.74) is 10.3. The molecule has 9 heteroatoms. The Morgan fingerprint density at radius 2 is 1.72 bits per heavy atom. The van der Waals surface area contributed by atoms with E-state index in [0.29, 0.717) is 32.1 Å². The fraction of sp³-hybridized carbons (Fsp3) is 0.588. The minimum atomic E-state index is -0.108. The molecule has 234 valence electrons. The van der Waals surface area contributed by atoms with Crippen molar-refractivity contribution in [1.29, 1.82) is 0 Å². The van der Waals surface area contributed by atoms with Crippen LogP contribution in [0.2, 0.25) is 5.02 Å². The zero-order valence-electron chi connectivity index (χ0n) is 25.9. The van der Waals surface area contributed by atoms with E-state index in [0.717, 1.165) is 74.1 Å². The number of anilines is 1. The molecule has 5 rings (SSSR count). The van der Waals surface area contributed by atoms with Gasteiger partial charge in [0.1, 0.15) is 0 Å². The first kappa shape index (κ1) is 31.8. The highest BCUT2D eigenvalue weighted by Crippen LogP contribution is 2.38. The number of nitrogens with zero attached hydrogens (tertiary/aromatic N) is 3. The van der Waals surface area contributed by atoms with E-state index in [1.165, 1.54) is 5.56 Å². The molecule has 0 spiro atoms. The fourth-order valence-corrected chi connectivity index (χ4v) is 7.20. The first-order valence-corrected chi connectivity index (χ1v) is 16.3. The maximum Gasteiger partial charge on any atom is 0.227 e. The van der Waals surface area contributed by atoms with Gasteiger partial charge in [0.15, 0.2) is 0 Å². The normalized spacial score (nSPS) is 22.7. The van der Waals surface area contributed by atoms with E-state index in [1.807, 2.05) is 12.1 Å². The molecule has 43 heavy (non-hydrogen) atoms. The lowest BCUT2D eigenvalue weighted by Crippen LogP contribution is -2.51. The van der Waals surface area contributed by atoms with E-state index in [1.54, 1.807) is 0 Å². The van der Waals surface area contributed by atoms with Gasteiger partial charge in [-0.1, -0.05) is 55.3 Å². The second kappa shape index (κ2) is 14.4. The molecule has 3 aliphatic heterocycles. The van der Waals surface area contributed by atoms with E-state index >= 15 is 0 Å². The summed E-state index contributed by atoms with van der Waals surface area (Å²) in [5, 5.41) is 3.95. The highest BCUT2D eigenvalue weighted by Gasteiger charge is 2.43. The topological polar surface area (TPSA) is 91.1 Å². The number of ether oxygens (including phenoxy) is 1. The van der Waals surface area contributed by atoms with Crippen molar-refractivity contribution in [1.82, 2.24) is 15.1 Å². The molecular weight excluding hydrogens is 562 g/mol. The molecule has 8 nitrogen and oxygen atoms in total. The van der Waals surface area contributed by atoms with Crippen molar-refractivity contribution in [2.24, 2.45) is 17.6 Å². The molecule has 2 aromatic carbocycles. The molecule has 0 unspecified atom stereocenters. The van der Waals surface area contributed by atoms with Crippen LogP contribution in [0, 0.1) is 18.8 Å². The molecule has 0 saturated carbocycles. The monoisotopic (exact) mass is 609 g/mol. The number of aryl methyl sites for hydroxylation is 1. The Hall–Kier alpha value is -2.65. The predicted octanol–water partition coefficient (Wildman–Crippen LogP) is 4.35. The van der Waals surface area contributed by atoms with Gasteiger partial charge < -0.3 is 25.6 Å². The van der Waals surface area contributed by atoms with Crippen molar-refractivity contribution < 1.29 is 14.3 Å². The van der Waals surface area contributed by atoms with Crippen molar-refractivity contribution >= 4 is 29.1 Å². The fourth-order valence-electron chi connectivity index (χ4n) is 7.07. The van der Waals surface area contributed by atoms with Crippen molar-refractivity contribution in [2.75, 3.05) is 63.9 Å². The summed E-state index contributed by atoms with van der Waals surface area (Å²) in [6, 6.07) is 14.9. The lowest BCUT2D eigenvalue weighted by Gasteiger charge is -2.39. The highest BCUT2D eigenvalue weighted by atomic mass is 35.5. The number of nitrogens with one attached hydrogen (secondary N) is 1. The Morgan fingerprint density at radius 3 is 2.37 bits per heavy atom. The van der Waals surface area contributed by atoms with Crippen LogP contribution in [0.5, 0.6) is 0 Å². The third-order valence-electron chi connectivity index (χ3n) is 9.48. The van der Waals surface area contributed by atoms with E-state index in [9.17, 15) is 9.59 Å². The van der Waals surface area contributed by atoms with Gasteiger partial charge >= 0.3 is 0 Å². The number of nitrogens with two attached hydrogens (primary N) is 1. The van der Waals surface area contributed by atoms with Crippen LogP contribution in [0.25, 0.3) is 0 Å². The first-order valence-electron chi connectivity index (χ1n) is 16.0. The number of carbonyl (C=O) groups is 2. The Labute approximate surface area is 261 Å². The number of halogens is 1. The van der Waals surface area contributed by atoms with Crippen molar-refractivity contribution in [3.8, 4) is 0 Å². The number of piperazine rings is 1. The lowest BCUT2D eigenvalue weighted by molar-refractivity contribution is -0.136. The summed E-state index contributed by atoms with van der Waals surface area (Å²) in [5.74, 6) is 0.529. The maximum absolute atomic E-state index is 14.2. The molecule has 0 aliphatic carbocycles. The smallest absolute Gasteiger partial charge is 0.227 e. The average Bonchev–Trinajstić information content (AvgIpc) is 3.46. The number of hydrogen-bond donors (Lipinski definition) is 2. The molecule has 3 aliphatic rings. The average molecular weight is 610 g/mol. The minimum Gasteiger partial charge on any atom is -0.381 e. The summed E-state index contributed by atoms with van der Waals surface area (Å²) < 4.78 is 5.63. The van der Waals surface area contributed by atoms with Gasteiger partial charge in [-0.2, -0.15) is 0 Å². The molecule has 3 N–H and O–H groups in total. The zero-order chi connectivity index (χ0) is 30.5. The third-order valence-corrected chi connectivity index (χ3v) is 9.73. The molecular formula is C34H48ClN5O3. The summed E-state index contributed by atoms with van der Waals surface area (Å²) in [7, 11) is 0. The van der Waals surface area contributed by atoms with E-state index in [-0.39, 0.29) is 35.6 Å². The van der Waals surface area contributed by atoms with Crippen LogP contribution in [-0.4, -0.2) is 86.7 Å². The van der Waals surface area contributed by atoms with Crippen molar-refractivity contribution in [3.63, 3.8) is 0 Å². The summed E-state index contributed by atoms with van der Waals surface area (Å²) >= 11 is 6.22. The lowest BCUT2D eigenvalue weighted by atomic mass is 9.88. The van der Waals surface area contributed by atoms with Gasteiger partial charge in [0, 0.05) is 88.1 Å². The van der Waals surface area contributed by atoms with Crippen LogP contribution in [-0.2, 0) is 14.3 Å². The molecule has 2 amide bonds. The van der Waals surface area contributed by atoms with Gasteiger partial charge in [-0.25, -0.2) is 0 Å². The summed E-state index contributed by atoms with van der Waals surface area (Å²) in [4.78, 5) is 33.7. The van der Waals surface area contributed by atoms with Crippen LogP contribution < -0.4 is 16.0 Å². The second-order valence-electron chi connectivity index (χ2n) is 12.8. The Morgan fingerprint density at radius 1 is 1.02 bits per heavy atom. The molecule has 3 atom stereocenters. The molecule has 3 heterocycles. The van der Waals surface area contributed by atoms with Gasteiger partial charge in [-0.3, -0.25) is 14.5 Å². The summed E-state index contributed by atoms with van der Waals surface area (Å²) in [6.45, 7) is 12.8. The van der Waals surface area contributed by atoms with Crippen molar-refractivity contribution in [2.45, 2.75) is 58.0 Å². The molecule has 3 saturated heterocycles. The Balaban J connectivity index is 1.30. The number of amides is 2. The van der Waals surface area contributed by atoms with Gasteiger partial charge in [0.2, 0.25) is 11.8 Å². The largest absolute Gasteiger partial charge is 0.381 e. The minimum absolute atomic E-state index is 0.0225. The number of carbonyl (C=O) groups excluding carboxylic acids is 2. The molecule has 0 bridgehead atoms. The third kappa shape index (κ3) is 7.54. The van der Waals surface area contributed by atoms with Crippen LogP contribution in [0.1, 0.15) is 61.8 Å². The quantitative estimate of drug-likeness (QED) is 0.439. The van der Waals surface area contributed by atoms with Crippen LogP contribution in [0.4, 0.5) is 5.69 Å². The molecule has 0 aromatic heterocycles. The number of benzene rings is 2. The number of rotatable bonds is 9.